The summed E-state index contributed by atoms with van der Waals surface area (Å²) in [7, 11) is 1.76. The second-order valence-electron chi connectivity index (χ2n) is 5.48. The lowest BCUT2D eigenvalue weighted by atomic mass is 10.1. The standard InChI is InChI=1S/C18H30FN3O/c1-3-4-13-23-14-7-12-22-18(20-2)21-11-6-9-16-8-5-10-17(19)15-16/h5,8,10,15H,3-4,6-7,9,11-14H2,1-2H3,(H2,20,21,22). The van der Waals surface area contributed by atoms with Gasteiger partial charge in [-0.3, -0.25) is 4.99 Å². The summed E-state index contributed by atoms with van der Waals surface area (Å²) >= 11 is 0. The van der Waals surface area contributed by atoms with Gasteiger partial charge in [0.15, 0.2) is 5.96 Å². The minimum atomic E-state index is -0.172. The minimum Gasteiger partial charge on any atom is -0.381 e. The van der Waals surface area contributed by atoms with E-state index in [-0.39, 0.29) is 5.82 Å². The van der Waals surface area contributed by atoms with Crippen LogP contribution in [0.15, 0.2) is 29.3 Å². The van der Waals surface area contributed by atoms with E-state index in [0.717, 1.165) is 63.5 Å². The zero-order chi connectivity index (χ0) is 16.8. The lowest BCUT2D eigenvalue weighted by Crippen LogP contribution is -2.38. The number of aliphatic imine (C=N–C) groups is 1. The molecule has 1 aromatic carbocycles. The Labute approximate surface area is 139 Å². The van der Waals surface area contributed by atoms with Crippen LogP contribution in [0.5, 0.6) is 0 Å². The highest BCUT2D eigenvalue weighted by Gasteiger charge is 1.98. The highest BCUT2D eigenvalue weighted by atomic mass is 19.1. The van der Waals surface area contributed by atoms with Crippen molar-refractivity contribution in [1.29, 1.82) is 0 Å². The molecule has 0 aromatic heterocycles. The normalized spacial score (nSPS) is 11.5. The van der Waals surface area contributed by atoms with Gasteiger partial charge in [-0.05, 0) is 43.4 Å². The zero-order valence-electron chi connectivity index (χ0n) is 14.4. The molecule has 0 saturated heterocycles. The van der Waals surface area contributed by atoms with Gasteiger partial charge in [-0.1, -0.05) is 25.5 Å². The van der Waals surface area contributed by atoms with Gasteiger partial charge in [-0.15, -0.1) is 0 Å². The first-order chi connectivity index (χ1) is 11.3. The maximum absolute atomic E-state index is 13.1. The first-order valence-corrected chi connectivity index (χ1v) is 8.53. The molecule has 2 N–H and O–H groups in total. The smallest absolute Gasteiger partial charge is 0.190 e. The largest absolute Gasteiger partial charge is 0.381 e. The van der Waals surface area contributed by atoms with Gasteiger partial charge in [-0.25, -0.2) is 4.39 Å². The van der Waals surface area contributed by atoms with Crippen LogP contribution in [0.2, 0.25) is 0 Å². The van der Waals surface area contributed by atoms with Gasteiger partial charge in [0.1, 0.15) is 5.82 Å². The fourth-order valence-electron chi connectivity index (χ4n) is 2.14. The Hall–Kier alpha value is -1.62. The molecule has 0 saturated carbocycles. The molecule has 0 atom stereocenters. The van der Waals surface area contributed by atoms with Gasteiger partial charge in [0.05, 0.1) is 0 Å². The molecular weight excluding hydrogens is 293 g/mol. The third-order valence-electron chi connectivity index (χ3n) is 3.45. The summed E-state index contributed by atoms with van der Waals surface area (Å²) in [5.74, 6) is 0.631. The Morgan fingerprint density at radius 1 is 1.13 bits per heavy atom. The van der Waals surface area contributed by atoms with Crippen molar-refractivity contribution in [2.75, 3.05) is 33.4 Å². The van der Waals surface area contributed by atoms with Gasteiger partial charge in [-0.2, -0.15) is 0 Å². The van der Waals surface area contributed by atoms with E-state index in [4.69, 9.17) is 4.74 Å². The molecule has 1 aromatic rings. The molecule has 0 amide bonds. The molecule has 0 bridgehead atoms. The van der Waals surface area contributed by atoms with Gasteiger partial charge in [0, 0.05) is 33.4 Å². The Morgan fingerprint density at radius 2 is 1.87 bits per heavy atom. The highest BCUT2D eigenvalue weighted by molar-refractivity contribution is 5.79. The van der Waals surface area contributed by atoms with Crippen molar-refractivity contribution >= 4 is 5.96 Å². The summed E-state index contributed by atoms with van der Waals surface area (Å²) in [5.41, 5.74) is 1.03. The van der Waals surface area contributed by atoms with Crippen LogP contribution >= 0.6 is 0 Å². The van der Waals surface area contributed by atoms with E-state index in [2.05, 4.69) is 22.5 Å². The lowest BCUT2D eigenvalue weighted by molar-refractivity contribution is 0.129. The second kappa shape index (κ2) is 12.9. The van der Waals surface area contributed by atoms with E-state index in [1.807, 2.05) is 6.07 Å². The molecule has 0 spiro atoms. The van der Waals surface area contributed by atoms with Crippen LogP contribution in [0, 0.1) is 5.82 Å². The molecule has 5 heteroatoms. The Balaban J connectivity index is 2.05. The molecule has 0 aliphatic carbocycles. The van der Waals surface area contributed by atoms with Crippen LogP contribution < -0.4 is 10.6 Å². The number of halogens is 1. The quantitative estimate of drug-likeness (QED) is 0.374. The first kappa shape index (κ1) is 19.4. The van der Waals surface area contributed by atoms with E-state index in [0.29, 0.717) is 0 Å². The molecular formula is C18H30FN3O. The molecule has 0 fully saturated rings. The van der Waals surface area contributed by atoms with E-state index in [9.17, 15) is 4.39 Å². The van der Waals surface area contributed by atoms with Gasteiger partial charge >= 0.3 is 0 Å². The molecule has 0 heterocycles. The topological polar surface area (TPSA) is 45.6 Å². The molecule has 23 heavy (non-hydrogen) atoms. The number of rotatable bonds is 11. The second-order valence-corrected chi connectivity index (χ2v) is 5.48. The van der Waals surface area contributed by atoms with Gasteiger partial charge < -0.3 is 15.4 Å². The molecule has 130 valence electrons. The number of unbranched alkanes of at least 4 members (excludes halogenated alkanes) is 1. The predicted octanol–water partition coefficient (Wildman–Crippen LogP) is 3.13. The van der Waals surface area contributed by atoms with Crippen molar-refractivity contribution in [2.24, 2.45) is 4.99 Å². The predicted molar refractivity (Wildman–Crippen MR) is 94.4 cm³/mol. The van der Waals surface area contributed by atoms with E-state index < -0.39 is 0 Å². The average Bonchev–Trinajstić information content (AvgIpc) is 2.56. The van der Waals surface area contributed by atoms with Crippen molar-refractivity contribution < 1.29 is 9.13 Å². The van der Waals surface area contributed by atoms with Crippen LogP contribution in [0.1, 0.15) is 38.2 Å². The summed E-state index contributed by atoms with van der Waals surface area (Å²) in [6.07, 6.45) is 5.05. The summed E-state index contributed by atoms with van der Waals surface area (Å²) < 4.78 is 18.6. The maximum atomic E-state index is 13.1. The van der Waals surface area contributed by atoms with Crippen molar-refractivity contribution in [2.45, 2.75) is 39.0 Å². The van der Waals surface area contributed by atoms with Gasteiger partial charge in [0.25, 0.3) is 0 Å². The van der Waals surface area contributed by atoms with Crippen LogP contribution in [-0.2, 0) is 11.2 Å². The van der Waals surface area contributed by atoms with Crippen LogP contribution in [0.25, 0.3) is 0 Å². The summed E-state index contributed by atoms with van der Waals surface area (Å²) in [4.78, 5) is 4.19. The number of ether oxygens (including phenoxy) is 1. The number of aryl methyl sites for hydroxylation is 1. The molecule has 4 nitrogen and oxygen atoms in total. The Kier molecular flexibility index (Phi) is 10.9. The van der Waals surface area contributed by atoms with Crippen molar-refractivity contribution in [3.63, 3.8) is 0 Å². The van der Waals surface area contributed by atoms with Crippen LogP contribution in [0.4, 0.5) is 4.39 Å². The average molecular weight is 323 g/mol. The monoisotopic (exact) mass is 323 g/mol. The Bertz CT molecular complexity index is 452. The van der Waals surface area contributed by atoms with Crippen LogP contribution in [0.3, 0.4) is 0 Å². The van der Waals surface area contributed by atoms with Crippen molar-refractivity contribution in [3.05, 3.63) is 35.6 Å². The van der Waals surface area contributed by atoms with Crippen molar-refractivity contribution in [3.8, 4) is 0 Å². The molecule has 0 unspecified atom stereocenters. The van der Waals surface area contributed by atoms with Gasteiger partial charge in [0.2, 0.25) is 0 Å². The lowest BCUT2D eigenvalue weighted by Gasteiger charge is -2.12. The van der Waals surface area contributed by atoms with Crippen LogP contribution in [-0.4, -0.2) is 39.3 Å². The summed E-state index contributed by atoms with van der Waals surface area (Å²) in [5, 5.41) is 6.54. The zero-order valence-corrected chi connectivity index (χ0v) is 14.4. The molecule has 0 aliphatic heterocycles. The fraction of sp³-hybridized carbons (Fsp3) is 0.611. The number of nitrogens with one attached hydrogen (secondary N) is 2. The maximum Gasteiger partial charge on any atom is 0.190 e. The molecule has 0 aliphatic rings. The highest BCUT2D eigenvalue weighted by Crippen LogP contribution is 2.05. The number of nitrogens with zero attached hydrogens (tertiary/aromatic N) is 1. The minimum absolute atomic E-state index is 0.172. The van der Waals surface area contributed by atoms with E-state index >= 15 is 0 Å². The molecule has 0 radical (unpaired) electrons. The number of hydrogen-bond acceptors (Lipinski definition) is 2. The fourth-order valence-corrected chi connectivity index (χ4v) is 2.14. The molecule has 1 rings (SSSR count). The number of hydrogen-bond donors (Lipinski definition) is 2. The summed E-state index contributed by atoms with van der Waals surface area (Å²) in [6.45, 7) is 5.45. The van der Waals surface area contributed by atoms with E-state index in [1.165, 1.54) is 12.5 Å². The first-order valence-electron chi connectivity index (χ1n) is 8.53. The third-order valence-corrected chi connectivity index (χ3v) is 3.45. The number of guanidine groups is 1. The van der Waals surface area contributed by atoms with E-state index in [1.54, 1.807) is 19.2 Å². The number of benzene rings is 1. The third kappa shape index (κ3) is 9.89. The summed E-state index contributed by atoms with van der Waals surface area (Å²) in [6, 6.07) is 6.76. The SMILES string of the molecule is CCCCOCCCNC(=NC)NCCCc1cccc(F)c1. The van der Waals surface area contributed by atoms with Crippen molar-refractivity contribution in [1.82, 2.24) is 10.6 Å². The Morgan fingerprint density at radius 3 is 2.57 bits per heavy atom.